The molecule has 1 aromatic carbocycles. The highest BCUT2D eigenvalue weighted by Gasteiger charge is 2.30. The van der Waals surface area contributed by atoms with Gasteiger partial charge in [0.25, 0.3) is 5.91 Å². The van der Waals surface area contributed by atoms with Crippen molar-refractivity contribution in [3.05, 3.63) is 48.6 Å². The average Bonchev–Trinajstić information content (AvgIpc) is 2.86. The molecule has 3 heterocycles. The molecule has 35 heavy (non-hydrogen) atoms. The summed E-state index contributed by atoms with van der Waals surface area (Å²) in [6, 6.07) is 6.27. The third-order valence-corrected chi connectivity index (χ3v) is 4.86. The fourth-order valence-corrected chi connectivity index (χ4v) is 3.25. The number of nitrogens with zero attached hydrogens (tertiary/aromatic N) is 4. The average molecular weight is 484 g/mol. The molecule has 1 amide bonds. The van der Waals surface area contributed by atoms with Gasteiger partial charge in [-0.3, -0.25) is 9.69 Å². The van der Waals surface area contributed by atoms with Crippen LogP contribution in [0.25, 0.3) is 0 Å². The second-order valence-corrected chi connectivity index (χ2v) is 6.97. The summed E-state index contributed by atoms with van der Waals surface area (Å²) in [6.45, 7) is 2.86. The Kier molecular flexibility index (Phi) is 6.51. The van der Waals surface area contributed by atoms with Crippen LogP contribution in [0.4, 0.5) is 33.5 Å². The summed E-state index contributed by atoms with van der Waals surface area (Å²) in [5.74, 6) is -0.0675. The van der Waals surface area contributed by atoms with Gasteiger partial charge in [-0.2, -0.15) is 4.98 Å². The number of amides is 1. The van der Waals surface area contributed by atoms with Crippen LogP contribution in [0.1, 0.15) is 0 Å². The van der Waals surface area contributed by atoms with E-state index in [2.05, 4.69) is 32.2 Å². The van der Waals surface area contributed by atoms with Gasteiger partial charge in [0.05, 0.1) is 27.5 Å². The molecule has 0 atom stereocenters. The number of pyridine rings is 1. The molecule has 0 aliphatic carbocycles. The largest absolute Gasteiger partial charge is 0.493 e. The molecule has 1 aliphatic heterocycles. The summed E-state index contributed by atoms with van der Waals surface area (Å²) in [4.78, 5) is 25.5. The van der Waals surface area contributed by atoms with Crippen LogP contribution in [0.5, 0.6) is 23.0 Å². The third-order valence-electron chi connectivity index (χ3n) is 4.86. The number of carbonyl (C=O) groups is 1. The predicted octanol–water partition coefficient (Wildman–Crippen LogP) is 2.71. The van der Waals surface area contributed by atoms with E-state index in [9.17, 15) is 14.3 Å². The van der Waals surface area contributed by atoms with Gasteiger partial charge in [-0.15, -0.1) is 0 Å². The molecule has 0 radical (unpaired) electrons. The van der Waals surface area contributed by atoms with Gasteiger partial charge in [0.2, 0.25) is 11.7 Å². The van der Waals surface area contributed by atoms with Crippen LogP contribution in [0.15, 0.2) is 42.8 Å². The summed E-state index contributed by atoms with van der Waals surface area (Å²) in [6.07, 6.45) is 0.977. The maximum absolute atomic E-state index is 14.5. The van der Waals surface area contributed by atoms with E-state index in [1.807, 2.05) is 0 Å². The van der Waals surface area contributed by atoms with Crippen LogP contribution in [-0.2, 0) is 4.79 Å². The fourth-order valence-electron chi connectivity index (χ4n) is 3.25. The molecule has 2 aromatic heterocycles. The lowest BCUT2D eigenvalue weighted by Gasteiger charge is -2.27. The van der Waals surface area contributed by atoms with Gasteiger partial charge >= 0.3 is 0 Å². The van der Waals surface area contributed by atoms with Gasteiger partial charge in [0.15, 0.2) is 40.5 Å². The first kappa shape index (κ1) is 23.5. The van der Waals surface area contributed by atoms with Crippen LogP contribution in [0.3, 0.4) is 0 Å². The molecule has 0 saturated heterocycles. The van der Waals surface area contributed by atoms with E-state index in [0.717, 1.165) is 11.1 Å². The molecule has 0 saturated carbocycles. The number of benzene rings is 1. The summed E-state index contributed by atoms with van der Waals surface area (Å²) in [5.41, 5.74) is 0.499. The number of anilines is 5. The Balaban J connectivity index is 1.61. The van der Waals surface area contributed by atoms with E-state index >= 15 is 0 Å². The van der Waals surface area contributed by atoms with Crippen molar-refractivity contribution in [1.82, 2.24) is 15.0 Å². The molecule has 0 spiro atoms. The van der Waals surface area contributed by atoms with Crippen LogP contribution < -0.4 is 34.5 Å². The third kappa shape index (κ3) is 4.56. The smallest absolute Gasteiger partial charge is 0.296 e. The highest BCUT2D eigenvalue weighted by molar-refractivity contribution is 6.06. The maximum Gasteiger partial charge on any atom is 0.296 e. The zero-order valence-corrected chi connectivity index (χ0v) is 19.0. The SMILES string of the molecule is C=C1Oc2ccc(Nc3nc(Nc4cc(OC)c(OC)c(OC)c4)ncc3F)nc2N(CO)C1=O. The van der Waals surface area contributed by atoms with E-state index in [4.69, 9.17) is 18.9 Å². The molecule has 3 aromatic rings. The van der Waals surface area contributed by atoms with Crippen molar-refractivity contribution in [3.8, 4) is 23.0 Å². The van der Waals surface area contributed by atoms with Gasteiger partial charge in [0.1, 0.15) is 12.5 Å². The number of hydrogen-bond acceptors (Lipinski definition) is 11. The van der Waals surface area contributed by atoms with Gasteiger partial charge in [0, 0.05) is 17.8 Å². The number of aliphatic hydroxyl groups excluding tert-OH is 1. The van der Waals surface area contributed by atoms with Crippen LogP contribution in [0, 0.1) is 5.82 Å². The van der Waals surface area contributed by atoms with Crippen molar-refractivity contribution in [2.24, 2.45) is 0 Å². The quantitative estimate of drug-likeness (QED) is 0.407. The number of aliphatic hydroxyl groups is 1. The summed E-state index contributed by atoms with van der Waals surface area (Å²) >= 11 is 0. The number of nitrogens with one attached hydrogen (secondary N) is 2. The van der Waals surface area contributed by atoms with Crippen LogP contribution in [0.2, 0.25) is 0 Å². The van der Waals surface area contributed by atoms with Crippen molar-refractivity contribution in [3.63, 3.8) is 0 Å². The molecule has 3 N–H and O–H groups in total. The minimum absolute atomic E-state index is 0.0418. The van der Waals surface area contributed by atoms with E-state index in [1.54, 1.807) is 12.1 Å². The molecule has 0 bridgehead atoms. The highest BCUT2D eigenvalue weighted by atomic mass is 19.1. The number of aromatic nitrogens is 3. The zero-order chi connectivity index (χ0) is 25.1. The lowest BCUT2D eigenvalue weighted by molar-refractivity contribution is -0.118. The molecular formula is C22H21FN6O6. The van der Waals surface area contributed by atoms with Gasteiger partial charge in [-0.05, 0) is 12.1 Å². The normalized spacial score (nSPS) is 12.5. The molecule has 4 rings (SSSR count). The number of hydrogen-bond donors (Lipinski definition) is 3. The van der Waals surface area contributed by atoms with E-state index in [1.165, 1.54) is 33.5 Å². The molecular weight excluding hydrogens is 463 g/mol. The number of carbonyl (C=O) groups excluding carboxylic acids is 1. The number of rotatable bonds is 8. The predicted molar refractivity (Wildman–Crippen MR) is 123 cm³/mol. The van der Waals surface area contributed by atoms with Gasteiger partial charge < -0.3 is 34.7 Å². The van der Waals surface area contributed by atoms with Crippen LogP contribution in [-0.4, -0.2) is 54.0 Å². The van der Waals surface area contributed by atoms with Gasteiger partial charge in [-0.1, -0.05) is 6.58 Å². The minimum Gasteiger partial charge on any atom is -0.493 e. The Morgan fingerprint density at radius 2 is 1.83 bits per heavy atom. The standard InChI is InChI=1S/C22H21FN6O6/c1-11-21(31)29(10-30)20-14(35-11)5-6-17(27-20)26-19-13(23)9-24-22(28-19)25-12-7-15(32-2)18(34-4)16(8-12)33-3/h5-9,30H,1,10H2,2-4H3,(H2,24,25,26,27,28). The minimum atomic E-state index is -0.750. The Hall–Kier alpha value is -4.65. The number of ether oxygens (including phenoxy) is 4. The fraction of sp³-hybridized carbons (Fsp3) is 0.182. The lowest BCUT2D eigenvalue weighted by Crippen LogP contribution is -2.38. The number of fused-ring (bicyclic) bond motifs is 1. The topological polar surface area (TPSA) is 140 Å². The molecule has 0 fully saturated rings. The number of halogens is 1. The lowest BCUT2D eigenvalue weighted by atomic mass is 10.2. The first-order valence-corrected chi connectivity index (χ1v) is 10.1. The monoisotopic (exact) mass is 484 g/mol. The Bertz CT molecular complexity index is 1280. The summed E-state index contributed by atoms with van der Waals surface area (Å²) in [5, 5.41) is 15.3. The summed E-state index contributed by atoms with van der Waals surface area (Å²) < 4.78 is 35.8. The molecule has 182 valence electrons. The second-order valence-electron chi connectivity index (χ2n) is 6.97. The molecule has 13 heteroatoms. The van der Waals surface area contributed by atoms with Crippen molar-refractivity contribution in [1.29, 1.82) is 0 Å². The number of methoxy groups -OCH3 is 3. The second kappa shape index (κ2) is 9.69. The first-order chi connectivity index (χ1) is 16.9. The highest BCUT2D eigenvalue weighted by Crippen LogP contribution is 2.40. The Morgan fingerprint density at radius 1 is 1.11 bits per heavy atom. The van der Waals surface area contributed by atoms with Crippen molar-refractivity contribution < 1.29 is 33.2 Å². The Labute approximate surface area is 198 Å². The first-order valence-electron chi connectivity index (χ1n) is 10.1. The molecule has 1 aliphatic rings. The molecule has 12 nitrogen and oxygen atoms in total. The Morgan fingerprint density at radius 3 is 2.46 bits per heavy atom. The van der Waals surface area contributed by atoms with Gasteiger partial charge in [-0.25, -0.2) is 14.4 Å². The van der Waals surface area contributed by atoms with Crippen LogP contribution >= 0.6 is 0 Å². The van der Waals surface area contributed by atoms with E-state index < -0.39 is 18.5 Å². The van der Waals surface area contributed by atoms with E-state index in [-0.39, 0.29) is 34.9 Å². The zero-order valence-electron chi connectivity index (χ0n) is 19.0. The van der Waals surface area contributed by atoms with Crippen molar-refractivity contribution in [2.45, 2.75) is 0 Å². The van der Waals surface area contributed by atoms with E-state index in [0.29, 0.717) is 22.9 Å². The molecule has 0 unspecified atom stereocenters. The van der Waals surface area contributed by atoms with Crippen molar-refractivity contribution >= 4 is 35.0 Å². The summed E-state index contributed by atoms with van der Waals surface area (Å²) in [7, 11) is 4.45. The van der Waals surface area contributed by atoms with Crippen molar-refractivity contribution in [2.75, 3.05) is 43.6 Å². The maximum atomic E-state index is 14.5.